The molecule has 0 bridgehead atoms. The van der Waals surface area contributed by atoms with E-state index in [1.807, 2.05) is 0 Å². The predicted octanol–water partition coefficient (Wildman–Crippen LogP) is 2.96. The summed E-state index contributed by atoms with van der Waals surface area (Å²) in [6, 6.07) is 3.67. The van der Waals surface area contributed by atoms with Crippen LogP contribution in [-0.2, 0) is 6.18 Å². The van der Waals surface area contributed by atoms with Crippen LogP contribution < -0.4 is 11.2 Å². The topological polar surface area (TPSA) is 54.9 Å². The quantitative estimate of drug-likeness (QED) is 0.786. The van der Waals surface area contributed by atoms with Gasteiger partial charge in [0.05, 0.1) is 11.3 Å². The molecule has 1 N–H and O–H groups in total. The minimum absolute atomic E-state index is 0.0866. The molecule has 2 rings (SSSR count). The first kappa shape index (κ1) is 14.9. The third-order valence-electron chi connectivity index (χ3n) is 2.37. The average Bonchev–Trinajstić information content (AvgIpc) is 2.25. The summed E-state index contributed by atoms with van der Waals surface area (Å²) in [5.41, 5.74) is -2.95. The van der Waals surface area contributed by atoms with Gasteiger partial charge in [0.25, 0.3) is 5.56 Å². The third kappa shape index (κ3) is 2.96. The van der Waals surface area contributed by atoms with Crippen molar-refractivity contribution < 1.29 is 13.2 Å². The summed E-state index contributed by atoms with van der Waals surface area (Å²) in [4.78, 5) is 25.5. The second-order valence-corrected chi connectivity index (χ2v) is 5.11. The Kier molecular flexibility index (Phi) is 3.79. The van der Waals surface area contributed by atoms with Crippen LogP contribution >= 0.6 is 27.5 Å². The van der Waals surface area contributed by atoms with Gasteiger partial charge in [-0.15, -0.1) is 0 Å². The lowest BCUT2D eigenvalue weighted by atomic mass is 10.2. The number of hydrogen-bond acceptors (Lipinski definition) is 2. The standard InChI is InChI=1S/C11H5BrClF3N2O2/c12-6-1-5(11(14,15)16)2-7(3-6)18-9(19)4-8(13)17-10(18)20/h1-4H,(H,17,20). The molecule has 0 saturated heterocycles. The Morgan fingerprint density at radius 3 is 2.35 bits per heavy atom. The number of hydrogen-bond donors (Lipinski definition) is 1. The molecule has 4 nitrogen and oxygen atoms in total. The fraction of sp³-hybridized carbons (Fsp3) is 0.0909. The van der Waals surface area contributed by atoms with Gasteiger partial charge in [-0.25, -0.2) is 9.36 Å². The van der Waals surface area contributed by atoms with Gasteiger partial charge < -0.3 is 0 Å². The summed E-state index contributed by atoms with van der Waals surface area (Å²) < 4.78 is 38.8. The number of alkyl halides is 3. The Hall–Kier alpha value is -1.54. The molecule has 0 fully saturated rings. The van der Waals surface area contributed by atoms with E-state index >= 15 is 0 Å². The fourth-order valence-corrected chi connectivity index (χ4v) is 2.23. The van der Waals surface area contributed by atoms with Crippen LogP contribution in [0.4, 0.5) is 13.2 Å². The van der Waals surface area contributed by atoms with E-state index in [1.165, 1.54) is 6.07 Å². The highest BCUT2D eigenvalue weighted by molar-refractivity contribution is 9.10. The van der Waals surface area contributed by atoms with E-state index < -0.39 is 23.0 Å². The van der Waals surface area contributed by atoms with Crippen molar-refractivity contribution in [3.63, 3.8) is 0 Å². The molecular weight excluding hydrogens is 364 g/mol. The minimum Gasteiger partial charge on any atom is -0.297 e. The Bertz CT molecular complexity index is 751. The van der Waals surface area contributed by atoms with Gasteiger partial charge in [0, 0.05) is 10.5 Å². The summed E-state index contributed by atoms with van der Waals surface area (Å²) in [5, 5.41) is -0.192. The molecule has 0 aliphatic heterocycles. The molecule has 106 valence electrons. The van der Waals surface area contributed by atoms with E-state index in [1.54, 1.807) is 0 Å². The zero-order chi connectivity index (χ0) is 15.1. The number of benzene rings is 1. The maximum absolute atomic E-state index is 12.7. The van der Waals surface area contributed by atoms with E-state index in [2.05, 4.69) is 20.9 Å². The minimum atomic E-state index is -4.60. The molecule has 0 spiro atoms. The molecule has 1 heterocycles. The lowest BCUT2D eigenvalue weighted by Crippen LogP contribution is -2.33. The summed E-state index contributed by atoms with van der Waals surface area (Å²) in [5.74, 6) is 0. The van der Waals surface area contributed by atoms with Crippen LogP contribution in [0.3, 0.4) is 0 Å². The number of H-pyrrole nitrogens is 1. The van der Waals surface area contributed by atoms with Crippen molar-refractivity contribution >= 4 is 27.5 Å². The number of rotatable bonds is 1. The first-order valence-corrected chi connectivity index (χ1v) is 6.25. The highest BCUT2D eigenvalue weighted by Crippen LogP contribution is 2.32. The summed E-state index contributed by atoms with van der Waals surface area (Å²) in [7, 11) is 0. The average molecular weight is 370 g/mol. The van der Waals surface area contributed by atoms with Crippen LogP contribution in [0.15, 0.2) is 38.3 Å². The van der Waals surface area contributed by atoms with Crippen molar-refractivity contribution in [1.29, 1.82) is 0 Å². The van der Waals surface area contributed by atoms with Crippen molar-refractivity contribution in [2.24, 2.45) is 0 Å². The summed E-state index contributed by atoms with van der Waals surface area (Å²) in [6.07, 6.45) is -4.60. The van der Waals surface area contributed by atoms with Crippen molar-refractivity contribution in [1.82, 2.24) is 9.55 Å². The smallest absolute Gasteiger partial charge is 0.297 e. The molecule has 2 aromatic rings. The van der Waals surface area contributed by atoms with Crippen LogP contribution in [0, 0.1) is 0 Å². The third-order valence-corrected chi connectivity index (χ3v) is 3.03. The second kappa shape index (κ2) is 5.10. The van der Waals surface area contributed by atoms with Gasteiger partial charge in [0.1, 0.15) is 5.15 Å². The first-order chi connectivity index (χ1) is 9.18. The van der Waals surface area contributed by atoms with Crippen molar-refractivity contribution in [2.45, 2.75) is 6.18 Å². The Morgan fingerprint density at radius 1 is 1.15 bits per heavy atom. The Labute approximate surface area is 122 Å². The van der Waals surface area contributed by atoms with Crippen LogP contribution in [0.5, 0.6) is 0 Å². The van der Waals surface area contributed by atoms with Gasteiger partial charge in [0.15, 0.2) is 0 Å². The summed E-state index contributed by atoms with van der Waals surface area (Å²) in [6.45, 7) is 0. The molecule has 0 unspecified atom stereocenters. The molecule has 0 atom stereocenters. The van der Waals surface area contributed by atoms with Gasteiger partial charge in [-0.1, -0.05) is 27.5 Å². The lowest BCUT2D eigenvalue weighted by molar-refractivity contribution is -0.137. The normalized spacial score (nSPS) is 11.7. The number of aromatic nitrogens is 2. The Balaban J connectivity index is 2.75. The largest absolute Gasteiger partial charge is 0.416 e. The van der Waals surface area contributed by atoms with Crippen molar-refractivity contribution in [3.8, 4) is 5.69 Å². The number of nitrogens with zero attached hydrogens (tertiary/aromatic N) is 1. The molecule has 0 aliphatic carbocycles. The second-order valence-electron chi connectivity index (χ2n) is 3.79. The van der Waals surface area contributed by atoms with Gasteiger partial charge in [-0.2, -0.15) is 13.2 Å². The number of halogens is 5. The number of nitrogens with one attached hydrogen (secondary N) is 1. The fourth-order valence-electron chi connectivity index (χ4n) is 1.58. The molecule has 20 heavy (non-hydrogen) atoms. The Morgan fingerprint density at radius 2 is 1.80 bits per heavy atom. The molecule has 0 saturated carbocycles. The van der Waals surface area contributed by atoms with Gasteiger partial charge >= 0.3 is 11.9 Å². The molecule has 0 radical (unpaired) electrons. The summed E-state index contributed by atoms with van der Waals surface area (Å²) >= 11 is 8.40. The monoisotopic (exact) mass is 368 g/mol. The van der Waals surface area contributed by atoms with Crippen LogP contribution in [0.25, 0.3) is 5.69 Å². The maximum atomic E-state index is 12.7. The molecule has 0 amide bonds. The lowest BCUT2D eigenvalue weighted by Gasteiger charge is -2.11. The maximum Gasteiger partial charge on any atom is 0.416 e. The number of aromatic amines is 1. The molecular formula is C11H5BrClF3N2O2. The van der Waals surface area contributed by atoms with E-state index in [9.17, 15) is 22.8 Å². The van der Waals surface area contributed by atoms with Crippen LogP contribution in [0.2, 0.25) is 5.15 Å². The molecule has 9 heteroatoms. The van der Waals surface area contributed by atoms with Gasteiger partial charge in [-0.3, -0.25) is 9.78 Å². The molecule has 0 aliphatic rings. The van der Waals surface area contributed by atoms with Crippen molar-refractivity contribution in [3.05, 3.63) is 60.3 Å². The van der Waals surface area contributed by atoms with Crippen LogP contribution in [-0.4, -0.2) is 9.55 Å². The first-order valence-electron chi connectivity index (χ1n) is 5.08. The highest BCUT2D eigenvalue weighted by atomic mass is 79.9. The van der Waals surface area contributed by atoms with E-state index in [4.69, 9.17) is 11.6 Å². The molecule has 1 aromatic heterocycles. The van der Waals surface area contributed by atoms with Crippen molar-refractivity contribution in [2.75, 3.05) is 0 Å². The van der Waals surface area contributed by atoms with E-state index in [-0.39, 0.29) is 15.3 Å². The van der Waals surface area contributed by atoms with E-state index in [0.29, 0.717) is 10.6 Å². The van der Waals surface area contributed by atoms with Gasteiger partial charge in [-0.05, 0) is 18.2 Å². The van der Waals surface area contributed by atoms with E-state index in [0.717, 1.165) is 12.1 Å². The van der Waals surface area contributed by atoms with Gasteiger partial charge in [0.2, 0.25) is 0 Å². The zero-order valence-electron chi connectivity index (χ0n) is 9.46. The molecule has 1 aromatic carbocycles. The predicted molar refractivity (Wildman–Crippen MR) is 70.4 cm³/mol. The highest BCUT2D eigenvalue weighted by Gasteiger charge is 2.31. The SMILES string of the molecule is O=c1cc(Cl)[nH]c(=O)n1-c1cc(Br)cc(C(F)(F)F)c1. The zero-order valence-corrected chi connectivity index (χ0v) is 11.8. The van der Waals surface area contributed by atoms with Crippen LogP contribution in [0.1, 0.15) is 5.56 Å².